The van der Waals surface area contributed by atoms with E-state index in [1.165, 1.54) is 0 Å². The van der Waals surface area contributed by atoms with Crippen LogP contribution in [0.5, 0.6) is 17.4 Å². The number of carbonyl (C=O) groups is 1. The minimum atomic E-state index is -0.307. The summed E-state index contributed by atoms with van der Waals surface area (Å²) >= 11 is 0. The van der Waals surface area contributed by atoms with Crippen molar-refractivity contribution in [3.8, 4) is 17.4 Å². The number of likely N-dealkylation sites (N-methyl/N-ethyl adjacent to an activating group) is 1. The first-order chi connectivity index (χ1) is 16.4. The van der Waals surface area contributed by atoms with Gasteiger partial charge in [-0.05, 0) is 50.2 Å². The number of amides is 1. The van der Waals surface area contributed by atoms with E-state index in [0.29, 0.717) is 31.1 Å². The molecule has 182 valence electrons. The van der Waals surface area contributed by atoms with Crippen molar-refractivity contribution < 1.29 is 24.1 Å². The summed E-state index contributed by atoms with van der Waals surface area (Å²) in [5.74, 6) is 1.73. The average molecular weight is 468 g/mol. The van der Waals surface area contributed by atoms with E-state index in [1.807, 2.05) is 57.3 Å². The van der Waals surface area contributed by atoms with Crippen molar-refractivity contribution in [3.05, 3.63) is 53.2 Å². The van der Waals surface area contributed by atoms with Crippen molar-refractivity contribution in [1.82, 2.24) is 14.8 Å². The van der Waals surface area contributed by atoms with Gasteiger partial charge in [-0.3, -0.25) is 9.69 Å². The number of fused-ring (bicyclic) bond motifs is 2. The highest BCUT2D eigenvalue weighted by molar-refractivity contribution is 5.97. The van der Waals surface area contributed by atoms with Crippen molar-refractivity contribution in [3.63, 3.8) is 0 Å². The molecule has 8 nitrogen and oxygen atoms in total. The van der Waals surface area contributed by atoms with Gasteiger partial charge in [-0.1, -0.05) is 25.1 Å². The Hall–Kier alpha value is -3.10. The Kier molecular flexibility index (Phi) is 7.38. The van der Waals surface area contributed by atoms with Crippen LogP contribution in [0.3, 0.4) is 0 Å². The molecule has 0 spiro atoms. The van der Waals surface area contributed by atoms with Gasteiger partial charge in [-0.2, -0.15) is 0 Å². The summed E-state index contributed by atoms with van der Waals surface area (Å²) in [5.41, 5.74) is 2.37. The number of allylic oxidation sites excluding steroid dienone is 1. The van der Waals surface area contributed by atoms with Gasteiger partial charge >= 0.3 is 0 Å². The van der Waals surface area contributed by atoms with Gasteiger partial charge in [0.25, 0.3) is 5.91 Å². The second-order valence-electron chi connectivity index (χ2n) is 9.13. The fourth-order valence-corrected chi connectivity index (χ4v) is 4.34. The van der Waals surface area contributed by atoms with Gasteiger partial charge in [0, 0.05) is 31.7 Å². The fourth-order valence-electron chi connectivity index (χ4n) is 4.34. The number of pyridine rings is 1. The predicted molar refractivity (Wildman–Crippen MR) is 129 cm³/mol. The highest BCUT2D eigenvalue weighted by Gasteiger charge is 2.34. The van der Waals surface area contributed by atoms with Crippen LogP contribution in [0.4, 0.5) is 0 Å². The molecule has 3 atom stereocenters. The Morgan fingerprint density at radius 2 is 2.09 bits per heavy atom. The van der Waals surface area contributed by atoms with E-state index < -0.39 is 0 Å². The van der Waals surface area contributed by atoms with Gasteiger partial charge in [0.15, 0.2) is 11.5 Å². The van der Waals surface area contributed by atoms with Crippen LogP contribution >= 0.6 is 0 Å². The summed E-state index contributed by atoms with van der Waals surface area (Å²) < 4.78 is 17.3. The molecule has 4 rings (SSSR count). The SMILES string of the molecule is CC=Cc1cnc2c(c1)C(=O)N([C@H](C)CO)C[C@H](C)[C@@H](CN(C)Cc1ccc3c(c1)OCO3)O2. The lowest BCUT2D eigenvalue weighted by atomic mass is 9.99. The number of nitrogens with zero attached hydrogens (tertiary/aromatic N) is 3. The van der Waals surface area contributed by atoms with E-state index in [1.54, 1.807) is 11.1 Å². The summed E-state index contributed by atoms with van der Waals surface area (Å²) in [5, 5.41) is 9.80. The highest BCUT2D eigenvalue weighted by Crippen LogP contribution is 2.33. The Labute approximate surface area is 200 Å². The average Bonchev–Trinajstić information content (AvgIpc) is 3.29. The van der Waals surface area contributed by atoms with Crippen molar-refractivity contribution in [2.75, 3.05) is 33.5 Å². The van der Waals surface area contributed by atoms with Crippen LogP contribution < -0.4 is 14.2 Å². The standard InChI is InChI=1S/C26H33N3O5/c1-5-6-19-9-21-25(27-11-19)34-24(17(2)12-29(26(21)31)18(3)15-30)14-28(4)13-20-7-8-22-23(10-20)33-16-32-22/h5-11,17-18,24,30H,12-16H2,1-4H3/t17-,18+,24+/m0/s1. The first kappa shape index (κ1) is 24.0. The minimum absolute atomic E-state index is 0.0299. The molecule has 0 saturated carbocycles. The summed E-state index contributed by atoms with van der Waals surface area (Å²) in [6, 6.07) is 7.48. The molecule has 0 fully saturated rings. The number of aliphatic hydroxyl groups excluding tert-OH is 1. The zero-order chi connectivity index (χ0) is 24.2. The Balaban J connectivity index is 1.57. The lowest BCUT2D eigenvalue weighted by Crippen LogP contribution is -2.49. The molecule has 2 aliphatic heterocycles. The van der Waals surface area contributed by atoms with Crippen LogP contribution in [0.2, 0.25) is 0 Å². The van der Waals surface area contributed by atoms with E-state index in [9.17, 15) is 9.90 Å². The lowest BCUT2D eigenvalue weighted by molar-refractivity contribution is 0.0325. The summed E-state index contributed by atoms with van der Waals surface area (Å²) in [4.78, 5) is 21.8. The number of rotatable bonds is 7. The summed E-state index contributed by atoms with van der Waals surface area (Å²) in [6.45, 7) is 7.83. The number of hydrogen-bond acceptors (Lipinski definition) is 7. The maximum Gasteiger partial charge on any atom is 0.259 e. The van der Waals surface area contributed by atoms with Crippen LogP contribution in [0.1, 0.15) is 42.3 Å². The molecule has 0 saturated heterocycles. The number of benzene rings is 1. The zero-order valence-corrected chi connectivity index (χ0v) is 20.2. The second-order valence-corrected chi connectivity index (χ2v) is 9.13. The maximum atomic E-state index is 13.4. The number of hydrogen-bond donors (Lipinski definition) is 1. The molecule has 3 heterocycles. The highest BCUT2D eigenvalue weighted by atomic mass is 16.7. The van der Waals surface area contributed by atoms with Crippen molar-refractivity contribution in [2.24, 2.45) is 5.92 Å². The Morgan fingerprint density at radius 3 is 2.85 bits per heavy atom. The number of aromatic nitrogens is 1. The molecule has 1 aromatic heterocycles. The van der Waals surface area contributed by atoms with Crippen molar-refractivity contribution in [2.45, 2.75) is 39.5 Å². The van der Waals surface area contributed by atoms with Gasteiger partial charge in [-0.15, -0.1) is 0 Å². The Morgan fingerprint density at radius 1 is 1.29 bits per heavy atom. The zero-order valence-electron chi connectivity index (χ0n) is 20.2. The van der Waals surface area contributed by atoms with Crippen LogP contribution in [-0.2, 0) is 6.54 Å². The molecule has 0 aliphatic carbocycles. The van der Waals surface area contributed by atoms with Gasteiger partial charge < -0.3 is 24.2 Å². The molecule has 0 unspecified atom stereocenters. The first-order valence-corrected chi connectivity index (χ1v) is 11.7. The molecule has 2 aromatic rings. The normalized spacial score (nSPS) is 20.8. The van der Waals surface area contributed by atoms with Crippen LogP contribution in [0.25, 0.3) is 6.08 Å². The summed E-state index contributed by atoms with van der Waals surface area (Å²) in [6.07, 6.45) is 5.32. The Bertz CT molecular complexity index is 1060. The minimum Gasteiger partial charge on any atom is -0.472 e. The van der Waals surface area contributed by atoms with E-state index in [4.69, 9.17) is 14.2 Å². The topological polar surface area (TPSA) is 84.4 Å². The lowest BCUT2D eigenvalue weighted by Gasteiger charge is -2.37. The molecular formula is C26H33N3O5. The molecule has 2 aliphatic rings. The van der Waals surface area contributed by atoms with Gasteiger partial charge in [0.1, 0.15) is 11.7 Å². The molecule has 0 bridgehead atoms. The van der Waals surface area contributed by atoms with Gasteiger partial charge in [0.05, 0.1) is 12.6 Å². The number of aliphatic hydroxyl groups is 1. The molecule has 34 heavy (non-hydrogen) atoms. The summed E-state index contributed by atoms with van der Waals surface area (Å²) in [7, 11) is 2.04. The van der Waals surface area contributed by atoms with Crippen molar-refractivity contribution >= 4 is 12.0 Å². The van der Waals surface area contributed by atoms with Crippen LogP contribution in [0, 0.1) is 5.92 Å². The van der Waals surface area contributed by atoms with Crippen molar-refractivity contribution in [1.29, 1.82) is 0 Å². The quantitative estimate of drug-likeness (QED) is 0.669. The second kappa shape index (κ2) is 10.4. The third kappa shape index (κ3) is 5.18. The fraction of sp³-hybridized carbons (Fsp3) is 0.462. The van der Waals surface area contributed by atoms with E-state index in [0.717, 1.165) is 22.6 Å². The number of carbonyl (C=O) groups excluding carboxylic acids is 1. The van der Waals surface area contributed by atoms with Gasteiger partial charge in [-0.25, -0.2) is 4.98 Å². The predicted octanol–water partition coefficient (Wildman–Crippen LogP) is 3.20. The third-order valence-corrected chi connectivity index (χ3v) is 6.28. The molecule has 1 amide bonds. The maximum absolute atomic E-state index is 13.4. The molecule has 1 aromatic carbocycles. The van der Waals surface area contributed by atoms with E-state index in [-0.39, 0.29) is 37.4 Å². The van der Waals surface area contributed by atoms with E-state index in [2.05, 4.69) is 16.8 Å². The monoisotopic (exact) mass is 467 g/mol. The van der Waals surface area contributed by atoms with Crippen LogP contribution in [0.15, 0.2) is 36.5 Å². The van der Waals surface area contributed by atoms with Crippen LogP contribution in [-0.4, -0.2) is 71.5 Å². The molecular weight excluding hydrogens is 434 g/mol. The number of ether oxygens (including phenoxy) is 3. The molecule has 8 heteroatoms. The van der Waals surface area contributed by atoms with E-state index >= 15 is 0 Å². The first-order valence-electron chi connectivity index (χ1n) is 11.7. The molecule has 1 N–H and O–H groups in total. The smallest absolute Gasteiger partial charge is 0.259 e. The molecule has 0 radical (unpaired) electrons. The van der Waals surface area contributed by atoms with Gasteiger partial charge in [0.2, 0.25) is 12.7 Å². The third-order valence-electron chi connectivity index (χ3n) is 6.28. The largest absolute Gasteiger partial charge is 0.472 e.